The first kappa shape index (κ1) is 22.2. The Morgan fingerprint density at radius 3 is 1.81 bits per heavy atom. The topological polar surface area (TPSA) is 0 Å². The Kier molecular flexibility index (Phi) is 8.24. The Morgan fingerprint density at radius 1 is 0.613 bits per heavy atom. The van der Waals surface area contributed by atoms with Crippen molar-refractivity contribution in [3.8, 4) is 0 Å². The Balaban J connectivity index is 1.76. The summed E-state index contributed by atoms with van der Waals surface area (Å²) in [5.74, 6) is 0. The second-order valence-electron chi connectivity index (χ2n) is 6.97. The average Bonchev–Trinajstić information content (AvgIpc) is 2.82. The van der Waals surface area contributed by atoms with Gasteiger partial charge < -0.3 is 0 Å². The van der Waals surface area contributed by atoms with Gasteiger partial charge in [-0.2, -0.15) is 0 Å². The minimum absolute atomic E-state index is 0.234. The van der Waals surface area contributed by atoms with Crippen molar-refractivity contribution in [2.24, 2.45) is 0 Å². The van der Waals surface area contributed by atoms with E-state index in [0.717, 1.165) is 17.0 Å². The van der Waals surface area contributed by atoms with Gasteiger partial charge in [-0.05, 0) is 0 Å². The van der Waals surface area contributed by atoms with E-state index in [4.69, 9.17) is 11.6 Å². The molecule has 0 N–H and O–H groups in total. The zero-order chi connectivity index (χ0) is 21.3. The van der Waals surface area contributed by atoms with E-state index in [2.05, 4.69) is 103 Å². The van der Waals surface area contributed by atoms with Crippen LogP contribution in [0.4, 0.5) is 0 Å². The van der Waals surface area contributed by atoms with Gasteiger partial charge in [0.05, 0.1) is 0 Å². The summed E-state index contributed by atoms with van der Waals surface area (Å²) in [6.07, 6.45) is 1.08. The van der Waals surface area contributed by atoms with E-state index < -0.39 is 0 Å². The van der Waals surface area contributed by atoms with Crippen molar-refractivity contribution >= 4 is 56.0 Å². The fourth-order valence-electron chi connectivity index (χ4n) is 3.37. The molecular weight excluding hydrogens is 530 g/mol. The Labute approximate surface area is 202 Å². The standard InChI is InChI=1S/C28H23ClSe2/c29-26-19-11-10-18-25(26)28(22-12-4-1-5-13-22)27(31-24-16-8-3-9-17-24)20-21-30-23-14-6-2-7-15-23/h1-19H,20-21H2/b28-27-. The molecule has 0 fully saturated rings. The molecule has 0 aliphatic heterocycles. The second-order valence-corrected chi connectivity index (χ2v) is 12.3. The van der Waals surface area contributed by atoms with Crippen LogP contribution in [0.2, 0.25) is 10.3 Å². The van der Waals surface area contributed by atoms with Crippen molar-refractivity contribution in [1.82, 2.24) is 0 Å². The number of hydrogen-bond acceptors (Lipinski definition) is 0. The molecule has 0 unspecified atom stereocenters. The van der Waals surface area contributed by atoms with Crippen molar-refractivity contribution in [3.63, 3.8) is 0 Å². The molecule has 0 aromatic heterocycles. The van der Waals surface area contributed by atoms with E-state index >= 15 is 0 Å². The van der Waals surface area contributed by atoms with Crippen molar-refractivity contribution < 1.29 is 0 Å². The minimum atomic E-state index is 0.234. The molecule has 0 atom stereocenters. The van der Waals surface area contributed by atoms with Gasteiger partial charge in [-0.15, -0.1) is 0 Å². The van der Waals surface area contributed by atoms with Crippen LogP contribution in [-0.4, -0.2) is 29.9 Å². The van der Waals surface area contributed by atoms with Crippen LogP contribution in [0.1, 0.15) is 17.5 Å². The summed E-state index contributed by atoms with van der Waals surface area (Å²) in [6, 6.07) is 40.7. The van der Waals surface area contributed by atoms with Crippen LogP contribution in [0.5, 0.6) is 0 Å². The third-order valence-corrected chi connectivity index (χ3v) is 9.71. The van der Waals surface area contributed by atoms with E-state index in [0.29, 0.717) is 15.0 Å². The van der Waals surface area contributed by atoms with Gasteiger partial charge in [0.25, 0.3) is 0 Å². The molecule has 0 nitrogen and oxygen atoms in total. The first-order chi connectivity index (χ1) is 15.3. The predicted octanol–water partition coefficient (Wildman–Crippen LogP) is 5.97. The van der Waals surface area contributed by atoms with Gasteiger partial charge in [0.15, 0.2) is 0 Å². The zero-order valence-corrected chi connectivity index (χ0v) is 21.3. The molecule has 0 heterocycles. The van der Waals surface area contributed by atoms with Gasteiger partial charge in [0.1, 0.15) is 0 Å². The molecule has 0 saturated heterocycles. The third kappa shape index (κ3) is 6.23. The van der Waals surface area contributed by atoms with E-state index in [1.165, 1.54) is 29.9 Å². The van der Waals surface area contributed by atoms with E-state index in [1.54, 1.807) is 0 Å². The van der Waals surface area contributed by atoms with E-state index in [9.17, 15) is 0 Å². The molecule has 0 radical (unpaired) electrons. The summed E-state index contributed by atoms with van der Waals surface area (Å²) in [5.41, 5.74) is 3.69. The molecule has 0 bridgehead atoms. The molecule has 0 aliphatic rings. The molecule has 0 saturated carbocycles. The first-order valence-electron chi connectivity index (χ1n) is 10.3. The number of benzene rings is 4. The Hall–Kier alpha value is -2.05. The molecule has 3 heteroatoms. The van der Waals surface area contributed by atoms with Gasteiger partial charge in [0, 0.05) is 0 Å². The Bertz CT molecular complexity index is 1120. The summed E-state index contributed by atoms with van der Waals surface area (Å²) in [6.45, 7) is 0. The van der Waals surface area contributed by atoms with Gasteiger partial charge in [-0.1, -0.05) is 0 Å². The maximum absolute atomic E-state index is 6.72. The van der Waals surface area contributed by atoms with Crippen molar-refractivity contribution in [1.29, 1.82) is 0 Å². The van der Waals surface area contributed by atoms with Gasteiger partial charge >= 0.3 is 204 Å². The van der Waals surface area contributed by atoms with Crippen LogP contribution in [-0.2, 0) is 0 Å². The molecule has 154 valence electrons. The Morgan fingerprint density at radius 2 is 1.16 bits per heavy atom. The SMILES string of the molecule is Clc1ccccc1/C(=C(/CC[Se]c1ccccc1)[Se]c1ccccc1)c1ccccc1. The van der Waals surface area contributed by atoms with Gasteiger partial charge in [0.2, 0.25) is 0 Å². The second kappa shape index (κ2) is 11.5. The van der Waals surface area contributed by atoms with Crippen LogP contribution in [0, 0.1) is 0 Å². The summed E-state index contributed by atoms with van der Waals surface area (Å²) in [4.78, 5) is 0. The average molecular weight is 553 g/mol. The zero-order valence-electron chi connectivity index (χ0n) is 17.1. The van der Waals surface area contributed by atoms with Crippen LogP contribution in [0.3, 0.4) is 0 Å². The molecular formula is C28H23ClSe2. The van der Waals surface area contributed by atoms with Crippen LogP contribution in [0.15, 0.2) is 120 Å². The summed E-state index contributed by atoms with van der Waals surface area (Å²) in [7, 11) is 0. The number of halogens is 1. The number of allylic oxidation sites excluding steroid dienone is 1. The van der Waals surface area contributed by atoms with Gasteiger partial charge in [-0.3, -0.25) is 0 Å². The molecule has 0 spiro atoms. The van der Waals surface area contributed by atoms with Crippen LogP contribution in [0.25, 0.3) is 5.57 Å². The molecule has 4 aromatic carbocycles. The molecule has 0 amide bonds. The number of rotatable bonds is 8. The summed E-state index contributed by atoms with van der Waals surface area (Å²) < 4.78 is 4.37. The molecule has 0 aliphatic carbocycles. The van der Waals surface area contributed by atoms with Crippen molar-refractivity contribution in [2.45, 2.75) is 11.7 Å². The molecule has 4 rings (SSSR count). The van der Waals surface area contributed by atoms with Crippen LogP contribution >= 0.6 is 11.6 Å². The predicted molar refractivity (Wildman–Crippen MR) is 137 cm³/mol. The first-order valence-corrected chi connectivity index (χ1v) is 14.4. The fraction of sp³-hybridized carbons (Fsp3) is 0.0714. The summed E-state index contributed by atoms with van der Waals surface area (Å²) in [5, 5.41) is 2.00. The third-order valence-electron chi connectivity index (χ3n) is 4.81. The monoisotopic (exact) mass is 554 g/mol. The van der Waals surface area contributed by atoms with Crippen molar-refractivity contribution in [3.05, 3.63) is 136 Å². The van der Waals surface area contributed by atoms with E-state index in [1.807, 2.05) is 12.1 Å². The maximum atomic E-state index is 6.72. The van der Waals surface area contributed by atoms with Gasteiger partial charge in [-0.25, -0.2) is 0 Å². The van der Waals surface area contributed by atoms with Crippen molar-refractivity contribution in [2.75, 3.05) is 0 Å². The number of hydrogen-bond donors (Lipinski definition) is 0. The summed E-state index contributed by atoms with van der Waals surface area (Å²) >= 11 is 7.42. The molecule has 31 heavy (non-hydrogen) atoms. The van der Waals surface area contributed by atoms with E-state index in [-0.39, 0.29) is 15.0 Å². The quantitative estimate of drug-likeness (QED) is 0.236. The fourth-order valence-corrected chi connectivity index (χ4v) is 8.46. The van der Waals surface area contributed by atoms with Crippen LogP contribution < -0.4 is 8.92 Å². The normalized spacial score (nSPS) is 11.8. The molecule has 4 aromatic rings.